The molecule has 1 aliphatic rings. The SMILES string of the molecule is CC(C)(C)c1ccc(S(=O)(=O)NC2CCCc3ccccc32)cc1. The van der Waals surface area contributed by atoms with Gasteiger partial charge in [0.2, 0.25) is 10.0 Å². The fourth-order valence-electron chi connectivity index (χ4n) is 3.27. The van der Waals surface area contributed by atoms with Crippen LogP contribution in [0.3, 0.4) is 0 Å². The Kier molecular flexibility index (Phi) is 4.54. The van der Waals surface area contributed by atoms with Gasteiger partial charge in [-0.15, -0.1) is 0 Å². The smallest absolute Gasteiger partial charge is 0.207 e. The van der Waals surface area contributed by atoms with Crippen LogP contribution < -0.4 is 4.72 Å². The molecule has 2 aromatic rings. The van der Waals surface area contributed by atoms with Gasteiger partial charge in [0.25, 0.3) is 0 Å². The number of fused-ring (bicyclic) bond motifs is 1. The Morgan fingerprint density at radius 2 is 1.67 bits per heavy atom. The fourth-order valence-corrected chi connectivity index (χ4v) is 4.52. The zero-order valence-electron chi connectivity index (χ0n) is 14.5. The van der Waals surface area contributed by atoms with E-state index in [0.717, 1.165) is 30.4 Å². The molecule has 0 bridgehead atoms. The van der Waals surface area contributed by atoms with Crippen molar-refractivity contribution < 1.29 is 8.42 Å². The minimum absolute atomic E-state index is 0.0119. The van der Waals surface area contributed by atoms with Gasteiger partial charge in [-0.05, 0) is 53.5 Å². The van der Waals surface area contributed by atoms with Gasteiger partial charge in [0.15, 0.2) is 0 Å². The van der Waals surface area contributed by atoms with Gasteiger partial charge in [0, 0.05) is 6.04 Å². The zero-order chi connectivity index (χ0) is 17.4. The van der Waals surface area contributed by atoms with Crippen LogP contribution in [0.1, 0.15) is 56.3 Å². The Morgan fingerprint density at radius 3 is 2.33 bits per heavy atom. The van der Waals surface area contributed by atoms with Crippen molar-refractivity contribution in [1.82, 2.24) is 4.72 Å². The molecule has 0 aliphatic heterocycles. The predicted octanol–water partition coefficient (Wildman–Crippen LogP) is 4.34. The summed E-state index contributed by atoms with van der Waals surface area (Å²) in [6.45, 7) is 6.36. The molecule has 0 aromatic heterocycles. The molecule has 1 unspecified atom stereocenters. The molecule has 3 rings (SSSR count). The first-order chi connectivity index (χ1) is 11.3. The lowest BCUT2D eigenvalue weighted by Gasteiger charge is -2.26. The maximum absolute atomic E-state index is 12.8. The van der Waals surface area contributed by atoms with Crippen LogP contribution in [0.15, 0.2) is 53.4 Å². The highest BCUT2D eigenvalue weighted by Crippen LogP contribution is 2.31. The minimum Gasteiger partial charge on any atom is -0.207 e. The van der Waals surface area contributed by atoms with E-state index in [0.29, 0.717) is 4.90 Å². The van der Waals surface area contributed by atoms with Gasteiger partial charge < -0.3 is 0 Å². The van der Waals surface area contributed by atoms with Crippen LogP contribution in [0.5, 0.6) is 0 Å². The highest BCUT2D eigenvalue weighted by molar-refractivity contribution is 7.89. The third-order valence-electron chi connectivity index (χ3n) is 4.70. The van der Waals surface area contributed by atoms with Gasteiger partial charge in [-0.3, -0.25) is 0 Å². The molecule has 0 amide bonds. The number of hydrogen-bond donors (Lipinski definition) is 1. The van der Waals surface area contributed by atoms with Crippen molar-refractivity contribution in [2.45, 2.75) is 56.4 Å². The Bertz CT molecular complexity index is 817. The Hall–Kier alpha value is -1.65. The van der Waals surface area contributed by atoms with Gasteiger partial charge in [-0.25, -0.2) is 13.1 Å². The van der Waals surface area contributed by atoms with Crippen LogP contribution in [0, 0.1) is 0 Å². The first kappa shape index (κ1) is 17.2. The van der Waals surface area contributed by atoms with Crippen LogP contribution in [0.25, 0.3) is 0 Å². The van der Waals surface area contributed by atoms with Gasteiger partial charge in [0.1, 0.15) is 0 Å². The second kappa shape index (κ2) is 6.34. The predicted molar refractivity (Wildman–Crippen MR) is 97.6 cm³/mol. The molecule has 128 valence electrons. The maximum Gasteiger partial charge on any atom is 0.241 e. The van der Waals surface area contributed by atoms with Crippen LogP contribution in [-0.2, 0) is 21.9 Å². The molecule has 0 radical (unpaired) electrons. The summed E-state index contributed by atoms with van der Waals surface area (Å²) < 4.78 is 28.4. The summed E-state index contributed by atoms with van der Waals surface area (Å²) in [6, 6.07) is 15.2. The van der Waals surface area contributed by atoms with Crippen molar-refractivity contribution in [3.63, 3.8) is 0 Å². The second-order valence-corrected chi connectivity index (χ2v) is 9.25. The molecule has 1 N–H and O–H groups in total. The summed E-state index contributed by atoms with van der Waals surface area (Å²) in [5.74, 6) is 0. The molecule has 3 nitrogen and oxygen atoms in total. The third-order valence-corrected chi connectivity index (χ3v) is 6.19. The molecular weight excluding hydrogens is 318 g/mol. The standard InChI is InChI=1S/C20H25NO2S/c1-20(2,3)16-11-13-17(14-12-16)24(22,23)21-19-10-6-8-15-7-4-5-9-18(15)19/h4-5,7,9,11-14,19,21H,6,8,10H2,1-3H3. The van der Waals surface area contributed by atoms with Crippen LogP contribution >= 0.6 is 0 Å². The van der Waals surface area contributed by atoms with E-state index in [1.165, 1.54) is 5.56 Å². The highest BCUT2D eigenvalue weighted by atomic mass is 32.2. The van der Waals surface area contributed by atoms with E-state index in [1.54, 1.807) is 12.1 Å². The second-order valence-electron chi connectivity index (χ2n) is 7.54. The number of benzene rings is 2. The minimum atomic E-state index is -3.51. The number of sulfonamides is 1. The van der Waals surface area contributed by atoms with Crippen LogP contribution in [-0.4, -0.2) is 8.42 Å². The monoisotopic (exact) mass is 343 g/mol. The summed E-state index contributed by atoms with van der Waals surface area (Å²) >= 11 is 0. The number of rotatable bonds is 3. The normalized spacial score (nSPS) is 18.2. The van der Waals surface area contributed by atoms with Crippen molar-refractivity contribution in [3.05, 3.63) is 65.2 Å². The van der Waals surface area contributed by atoms with Crippen molar-refractivity contribution in [2.75, 3.05) is 0 Å². The van der Waals surface area contributed by atoms with Gasteiger partial charge >= 0.3 is 0 Å². The topological polar surface area (TPSA) is 46.2 Å². The molecule has 1 atom stereocenters. The average Bonchev–Trinajstić information content (AvgIpc) is 2.54. The molecule has 1 aliphatic carbocycles. The van der Waals surface area contributed by atoms with Gasteiger partial charge in [0.05, 0.1) is 4.90 Å². The quantitative estimate of drug-likeness (QED) is 0.901. The molecular formula is C20H25NO2S. The largest absolute Gasteiger partial charge is 0.241 e. The Morgan fingerprint density at radius 1 is 1.00 bits per heavy atom. The third kappa shape index (κ3) is 3.55. The number of hydrogen-bond acceptors (Lipinski definition) is 2. The van der Waals surface area contributed by atoms with Crippen LogP contribution in [0.2, 0.25) is 0 Å². The summed E-state index contributed by atoms with van der Waals surface area (Å²) in [7, 11) is -3.51. The lowest BCUT2D eigenvalue weighted by Crippen LogP contribution is -2.31. The molecule has 2 aromatic carbocycles. The van der Waals surface area contributed by atoms with Gasteiger partial charge in [-0.1, -0.05) is 57.2 Å². The average molecular weight is 343 g/mol. The van der Waals surface area contributed by atoms with E-state index >= 15 is 0 Å². The lowest BCUT2D eigenvalue weighted by atomic mass is 9.87. The van der Waals surface area contributed by atoms with Gasteiger partial charge in [-0.2, -0.15) is 0 Å². The summed E-state index contributed by atoms with van der Waals surface area (Å²) in [4.78, 5) is 0.332. The van der Waals surface area contributed by atoms with E-state index in [-0.39, 0.29) is 11.5 Å². The first-order valence-electron chi connectivity index (χ1n) is 8.48. The summed E-state index contributed by atoms with van der Waals surface area (Å²) in [5, 5.41) is 0. The number of nitrogens with one attached hydrogen (secondary N) is 1. The summed E-state index contributed by atoms with van der Waals surface area (Å²) in [5.41, 5.74) is 3.50. The van der Waals surface area contributed by atoms with Crippen molar-refractivity contribution >= 4 is 10.0 Å². The Labute approximate surface area is 145 Å². The Balaban J connectivity index is 1.85. The molecule has 0 spiro atoms. The fraction of sp³-hybridized carbons (Fsp3) is 0.400. The van der Waals surface area contributed by atoms with Crippen molar-refractivity contribution in [3.8, 4) is 0 Å². The molecule has 0 fully saturated rings. The molecule has 4 heteroatoms. The maximum atomic E-state index is 12.8. The number of aryl methyl sites for hydroxylation is 1. The highest BCUT2D eigenvalue weighted by Gasteiger charge is 2.25. The molecule has 24 heavy (non-hydrogen) atoms. The van der Waals surface area contributed by atoms with Crippen molar-refractivity contribution in [2.24, 2.45) is 0 Å². The molecule has 0 saturated carbocycles. The lowest BCUT2D eigenvalue weighted by molar-refractivity contribution is 0.507. The van der Waals surface area contributed by atoms with E-state index in [4.69, 9.17) is 0 Å². The zero-order valence-corrected chi connectivity index (χ0v) is 15.4. The van der Waals surface area contributed by atoms with Crippen LogP contribution in [0.4, 0.5) is 0 Å². The van der Waals surface area contributed by atoms with E-state index in [2.05, 4.69) is 31.6 Å². The van der Waals surface area contributed by atoms with E-state index in [9.17, 15) is 8.42 Å². The van der Waals surface area contributed by atoms with E-state index < -0.39 is 10.0 Å². The molecule has 0 saturated heterocycles. The van der Waals surface area contributed by atoms with E-state index in [1.807, 2.05) is 30.3 Å². The first-order valence-corrected chi connectivity index (χ1v) is 9.96. The summed E-state index contributed by atoms with van der Waals surface area (Å²) in [6.07, 6.45) is 2.87. The van der Waals surface area contributed by atoms with Crippen molar-refractivity contribution in [1.29, 1.82) is 0 Å². The molecule has 0 heterocycles.